The van der Waals surface area contributed by atoms with E-state index in [0.29, 0.717) is 24.8 Å². The molecule has 0 bridgehead atoms. The van der Waals surface area contributed by atoms with Crippen LogP contribution in [0.25, 0.3) is 0 Å². The molecule has 7 nitrogen and oxygen atoms in total. The van der Waals surface area contributed by atoms with Crippen LogP contribution in [0.1, 0.15) is 52.9 Å². The normalized spacial score (nSPS) is 48.3. The number of aliphatic carboxylic acids is 1. The summed E-state index contributed by atoms with van der Waals surface area (Å²) in [6.45, 7) is 4.98. The maximum atomic E-state index is 17.0. The maximum Gasteiger partial charge on any atom is 0.306 e. The van der Waals surface area contributed by atoms with Crippen LogP contribution in [-0.4, -0.2) is 61.4 Å². The third kappa shape index (κ3) is 2.66. The van der Waals surface area contributed by atoms with E-state index in [1.807, 2.05) is 0 Å². The van der Waals surface area contributed by atoms with E-state index in [2.05, 4.69) is 0 Å². The summed E-state index contributed by atoms with van der Waals surface area (Å²) in [5.74, 6) is -4.38. The number of Topliss-reactive ketones (excluding diaryl/α,β-unsaturated/α-hetero) is 1. The highest BCUT2D eigenvalue weighted by Crippen LogP contribution is 2.70. The zero-order valence-corrected chi connectivity index (χ0v) is 18.5. The van der Waals surface area contributed by atoms with Gasteiger partial charge in [0.25, 0.3) is 0 Å². The number of hydrogen-bond acceptors (Lipinski definition) is 6. The number of fused-ring (bicyclic) bond motifs is 5. The van der Waals surface area contributed by atoms with Crippen molar-refractivity contribution in [2.24, 2.45) is 28.6 Å². The van der Waals surface area contributed by atoms with Gasteiger partial charge in [-0.15, -0.1) is 0 Å². The van der Waals surface area contributed by atoms with Gasteiger partial charge in [0.2, 0.25) is 0 Å². The largest absolute Gasteiger partial charge is 0.481 e. The fourth-order valence-electron chi connectivity index (χ4n) is 7.58. The lowest BCUT2D eigenvalue weighted by Gasteiger charge is -2.62. The minimum atomic E-state index is -2.09. The van der Waals surface area contributed by atoms with Crippen molar-refractivity contribution < 1.29 is 39.2 Å². The standard InChI is InChI=1S/C24H31FO7/c1-12-8-16-15-5-4-13-9-14(26)6-7-21(13,2)23(15,25)18(28)11-22(16,3)24(12,32)20(31)17(27)10-19(29)30/h6-7,9,12,15-18,27-28,32H,4-5,8,10-11H2,1-3H3,(H,29,30)/t12?,15-,16-,17?,18?,21-,22-,23-,24-/m0/s1. The smallest absolute Gasteiger partial charge is 0.306 e. The van der Waals surface area contributed by atoms with Gasteiger partial charge in [0.05, 0.1) is 12.5 Å². The molecule has 176 valence electrons. The molecule has 4 N–H and O–H groups in total. The minimum Gasteiger partial charge on any atom is -0.481 e. The Hall–Kier alpha value is -1.90. The Balaban J connectivity index is 1.77. The van der Waals surface area contributed by atoms with Crippen molar-refractivity contribution in [2.45, 2.75) is 76.4 Å². The lowest BCUT2D eigenvalue weighted by atomic mass is 9.44. The molecule has 32 heavy (non-hydrogen) atoms. The molecule has 3 fully saturated rings. The number of carbonyl (C=O) groups is 3. The van der Waals surface area contributed by atoms with Gasteiger partial charge in [-0.05, 0) is 56.6 Å². The van der Waals surface area contributed by atoms with Crippen molar-refractivity contribution in [3.8, 4) is 0 Å². The molecule has 0 heterocycles. The first-order valence-corrected chi connectivity index (χ1v) is 11.2. The molecule has 4 aliphatic rings. The van der Waals surface area contributed by atoms with Crippen molar-refractivity contribution in [3.05, 3.63) is 23.8 Å². The van der Waals surface area contributed by atoms with E-state index in [1.165, 1.54) is 18.2 Å². The van der Waals surface area contributed by atoms with Crippen molar-refractivity contribution in [3.63, 3.8) is 0 Å². The van der Waals surface area contributed by atoms with Crippen LogP contribution >= 0.6 is 0 Å². The Morgan fingerprint density at radius 3 is 2.56 bits per heavy atom. The van der Waals surface area contributed by atoms with E-state index < -0.39 is 70.2 Å². The fraction of sp³-hybridized carbons (Fsp3) is 0.708. The molecule has 4 rings (SSSR count). The monoisotopic (exact) mass is 450 g/mol. The van der Waals surface area contributed by atoms with Crippen LogP contribution in [0.5, 0.6) is 0 Å². The van der Waals surface area contributed by atoms with Crippen LogP contribution < -0.4 is 0 Å². The number of aliphatic hydroxyl groups is 3. The van der Waals surface area contributed by atoms with Crippen molar-refractivity contribution in [1.82, 2.24) is 0 Å². The van der Waals surface area contributed by atoms with Crippen molar-refractivity contribution >= 4 is 17.5 Å². The molecule has 3 saturated carbocycles. The van der Waals surface area contributed by atoms with Gasteiger partial charge in [-0.1, -0.05) is 25.5 Å². The molecule has 9 atom stereocenters. The van der Waals surface area contributed by atoms with E-state index in [0.717, 1.165) is 0 Å². The summed E-state index contributed by atoms with van der Waals surface area (Å²) in [7, 11) is 0. The summed E-state index contributed by atoms with van der Waals surface area (Å²) in [6.07, 6.45) is 0.951. The Morgan fingerprint density at radius 2 is 1.94 bits per heavy atom. The van der Waals surface area contributed by atoms with Crippen LogP contribution in [0, 0.1) is 28.6 Å². The Kier molecular flexibility index (Phi) is 5.12. The third-order valence-electron chi connectivity index (χ3n) is 9.27. The number of halogens is 1. The maximum absolute atomic E-state index is 17.0. The molecule has 0 aromatic rings. The molecule has 0 aromatic carbocycles. The Morgan fingerprint density at radius 1 is 1.28 bits per heavy atom. The number of aliphatic hydroxyl groups excluding tert-OH is 2. The molecular formula is C24H31FO7. The second-order valence-electron chi connectivity index (χ2n) is 10.6. The van der Waals surface area contributed by atoms with E-state index in [9.17, 15) is 29.7 Å². The van der Waals surface area contributed by atoms with Gasteiger partial charge in [-0.2, -0.15) is 0 Å². The quantitative estimate of drug-likeness (QED) is 0.513. The summed E-state index contributed by atoms with van der Waals surface area (Å²) in [5.41, 5.74) is -5.97. The van der Waals surface area contributed by atoms with E-state index >= 15 is 4.39 Å². The molecule has 0 amide bonds. The van der Waals surface area contributed by atoms with Crippen molar-refractivity contribution in [2.75, 3.05) is 0 Å². The number of carbonyl (C=O) groups excluding carboxylic acids is 2. The zero-order valence-electron chi connectivity index (χ0n) is 18.5. The van der Waals surface area contributed by atoms with Crippen LogP contribution in [0.2, 0.25) is 0 Å². The lowest BCUT2D eigenvalue weighted by molar-refractivity contribution is -0.221. The second kappa shape index (κ2) is 7.05. The summed E-state index contributed by atoms with van der Waals surface area (Å²) < 4.78 is 17.0. The highest BCUT2D eigenvalue weighted by molar-refractivity contribution is 6.01. The van der Waals surface area contributed by atoms with Crippen LogP contribution in [0.15, 0.2) is 23.8 Å². The minimum absolute atomic E-state index is 0.212. The molecule has 4 aliphatic carbocycles. The third-order valence-corrected chi connectivity index (χ3v) is 9.27. The van der Waals surface area contributed by atoms with Gasteiger partial charge in [-0.25, -0.2) is 4.39 Å². The van der Waals surface area contributed by atoms with Gasteiger partial charge in [0.1, 0.15) is 11.7 Å². The lowest BCUT2D eigenvalue weighted by Crippen LogP contribution is -2.69. The van der Waals surface area contributed by atoms with Gasteiger partial charge >= 0.3 is 5.97 Å². The number of ketones is 2. The van der Waals surface area contributed by atoms with Crippen molar-refractivity contribution in [1.29, 1.82) is 0 Å². The fourth-order valence-corrected chi connectivity index (χ4v) is 7.58. The van der Waals surface area contributed by atoms with Gasteiger partial charge in [0, 0.05) is 16.7 Å². The first kappa shape index (κ1) is 23.3. The summed E-state index contributed by atoms with van der Waals surface area (Å²) in [4.78, 5) is 36.1. The predicted molar refractivity (Wildman–Crippen MR) is 111 cm³/mol. The highest BCUT2D eigenvalue weighted by Gasteiger charge is 2.75. The number of carboxylic acid groups (broad SMARTS) is 1. The molecular weight excluding hydrogens is 419 g/mol. The number of carboxylic acids is 1. The molecule has 3 unspecified atom stereocenters. The SMILES string of the molecule is CC1C[C@H]2[C@@H]3CCC4=CC(=O)C=C[C@]4(C)[C@@]3(F)C(O)C[C@]2(C)[C@@]1(O)C(=O)C(O)CC(=O)O. The van der Waals surface area contributed by atoms with Crippen LogP contribution in [0.3, 0.4) is 0 Å². The molecule has 0 radical (unpaired) electrons. The summed E-state index contributed by atoms with van der Waals surface area (Å²) >= 11 is 0. The Bertz CT molecular complexity index is 943. The topological polar surface area (TPSA) is 132 Å². The molecule has 0 aromatic heterocycles. The second-order valence-corrected chi connectivity index (χ2v) is 10.6. The number of rotatable bonds is 4. The predicted octanol–water partition coefficient (Wildman–Crippen LogP) is 1.74. The van der Waals surface area contributed by atoms with E-state index in [-0.39, 0.29) is 12.2 Å². The first-order valence-electron chi connectivity index (χ1n) is 11.2. The molecule has 0 spiro atoms. The first-order chi connectivity index (χ1) is 14.7. The van der Waals surface area contributed by atoms with Gasteiger partial charge in [-0.3, -0.25) is 14.4 Å². The van der Waals surface area contributed by atoms with Crippen LogP contribution in [-0.2, 0) is 14.4 Å². The number of allylic oxidation sites excluding steroid dienone is 4. The van der Waals surface area contributed by atoms with Gasteiger partial charge in [0.15, 0.2) is 17.2 Å². The number of hydrogen-bond donors (Lipinski definition) is 4. The molecule has 0 saturated heterocycles. The average molecular weight is 451 g/mol. The summed E-state index contributed by atoms with van der Waals surface area (Å²) in [6, 6.07) is 0. The molecule has 0 aliphatic heterocycles. The average Bonchev–Trinajstić information content (AvgIpc) is 2.90. The van der Waals surface area contributed by atoms with Gasteiger partial charge < -0.3 is 20.4 Å². The highest BCUT2D eigenvalue weighted by atomic mass is 19.1. The zero-order chi connectivity index (χ0) is 23.9. The molecule has 8 heteroatoms. The van der Waals surface area contributed by atoms with E-state index in [1.54, 1.807) is 20.8 Å². The van der Waals surface area contributed by atoms with Crippen LogP contribution in [0.4, 0.5) is 4.39 Å². The van der Waals surface area contributed by atoms with E-state index in [4.69, 9.17) is 5.11 Å². The number of alkyl halides is 1. The summed E-state index contributed by atoms with van der Waals surface area (Å²) in [5, 5.41) is 42.1. The Labute approximate surface area is 186 Å².